The maximum absolute atomic E-state index is 13.8. The predicted octanol–water partition coefficient (Wildman–Crippen LogP) is 3.61. The summed E-state index contributed by atoms with van der Waals surface area (Å²) in [5.74, 6) is -0.425. The molecule has 0 saturated heterocycles. The zero-order valence-electron chi connectivity index (χ0n) is 9.98. The highest BCUT2D eigenvalue weighted by molar-refractivity contribution is 7.10. The van der Waals surface area contributed by atoms with Crippen LogP contribution < -0.4 is 5.32 Å². The molecule has 0 unspecified atom stereocenters. The Labute approximate surface area is 110 Å². The van der Waals surface area contributed by atoms with Crippen LogP contribution in [-0.2, 0) is 6.54 Å². The monoisotopic (exact) mass is 260 g/mol. The van der Waals surface area contributed by atoms with Gasteiger partial charge < -0.3 is 5.32 Å². The molecule has 0 aliphatic heterocycles. The minimum absolute atomic E-state index is 0.0954. The Kier molecular flexibility index (Phi) is 4.08. The quantitative estimate of drug-likeness (QED) is 0.911. The van der Waals surface area contributed by atoms with E-state index in [2.05, 4.69) is 5.32 Å². The third-order valence-electron chi connectivity index (χ3n) is 2.77. The number of rotatable bonds is 4. The Morgan fingerprint density at radius 1 is 1.39 bits per heavy atom. The lowest BCUT2D eigenvalue weighted by atomic mass is 10.1. The van der Waals surface area contributed by atoms with Crippen molar-refractivity contribution in [3.8, 4) is 6.07 Å². The molecule has 1 heterocycles. The lowest BCUT2D eigenvalue weighted by molar-refractivity contribution is 0.547. The topological polar surface area (TPSA) is 35.8 Å². The first-order valence-electron chi connectivity index (χ1n) is 5.66. The number of hydrogen-bond acceptors (Lipinski definition) is 3. The van der Waals surface area contributed by atoms with Crippen molar-refractivity contribution >= 4 is 11.3 Å². The van der Waals surface area contributed by atoms with Crippen LogP contribution >= 0.6 is 11.3 Å². The number of nitriles is 1. The summed E-state index contributed by atoms with van der Waals surface area (Å²) in [5, 5.41) is 14.0. The fourth-order valence-corrected chi connectivity index (χ4v) is 2.46. The molecule has 0 aliphatic carbocycles. The van der Waals surface area contributed by atoms with Gasteiger partial charge in [0.2, 0.25) is 0 Å². The molecule has 2 aromatic rings. The van der Waals surface area contributed by atoms with Crippen molar-refractivity contribution in [1.82, 2.24) is 5.32 Å². The van der Waals surface area contributed by atoms with Gasteiger partial charge in [0.15, 0.2) is 0 Å². The number of halogens is 1. The standard InChI is InChI=1S/C14H13FN2S/c1-10(13-6-3-7-18-13)17-9-12-5-2-4-11(8-16)14(12)15/h2-7,10,17H,9H2,1H3/t10-/m1/s1. The van der Waals surface area contributed by atoms with Crippen LogP contribution in [0.4, 0.5) is 4.39 Å². The summed E-state index contributed by atoms with van der Waals surface area (Å²) in [5.41, 5.74) is 0.621. The van der Waals surface area contributed by atoms with Gasteiger partial charge in [-0.05, 0) is 24.4 Å². The van der Waals surface area contributed by atoms with Crippen LogP contribution in [0.15, 0.2) is 35.7 Å². The van der Waals surface area contributed by atoms with Crippen LogP contribution in [0.1, 0.15) is 29.0 Å². The van der Waals surface area contributed by atoms with Gasteiger partial charge in [-0.3, -0.25) is 0 Å². The van der Waals surface area contributed by atoms with E-state index in [0.29, 0.717) is 12.1 Å². The third-order valence-corrected chi connectivity index (χ3v) is 3.82. The highest BCUT2D eigenvalue weighted by Crippen LogP contribution is 2.19. The summed E-state index contributed by atoms with van der Waals surface area (Å²) in [6, 6.07) is 11.0. The number of thiophene rings is 1. The number of nitrogens with one attached hydrogen (secondary N) is 1. The summed E-state index contributed by atoms with van der Waals surface area (Å²) in [6.45, 7) is 2.46. The van der Waals surface area contributed by atoms with Crippen LogP contribution in [0, 0.1) is 17.1 Å². The molecule has 2 nitrogen and oxygen atoms in total. The van der Waals surface area contributed by atoms with E-state index in [0.717, 1.165) is 0 Å². The molecule has 1 N–H and O–H groups in total. The van der Waals surface area contributed by atoms with Crippen LogP contribution in [0.2, 0.25) is 0 Å². The van der Waals surface area contributed by atoms with Crippen molar-refractivity contribution in [2.75, 3.05) is 0 Å². The van der Waals surface area contributed by atoms with Crippen molar-refractivity contribution in [3.05, 3.63) is 57.5 Å². The lowest BCUT2D eigenvalue weighted by Crippen LogP contribution is -2.18. The Bertz CT molecular complexity index is 558. The SMILES string of the molecule is C[C@@H](NCc1cccc(C#N)c1F)c1cccs1. The molecule has 92 valence electrons. The molecule has 0 fully saturated rings. The highest BCUT2D eigenvalue weighted by atomic mass is 32.1. The molecule has 0 bridgehead atoms. The molecular formula is C14H13FN2S. The molecule has 2 rings (SSSR count). The summed E-state index contributed by atoms with van der Waals surface area (Å²) in [4.78, 5) is 1.21. The van der Waals surface area contributed by atoms with Gasteiger partial charge in [-0.15, -0.1) is 11.3 Å². The molecule has 0 radical (unpaired) electrons. The second kappa shape index (κ2) is 5.76. The van der Waals surface area contributed by atoms with Crippen LogP contribution in [0.5, 0.6) is 0 Å². The smallest absolute Gasteiger partial charge is 0.145 e. The average molecular weight is 260 g/mol. The van der Waals surface area contributed by atoms with Crippen molar-refractivity contribution < 1.29 is 4.39 Å². The van der Waals surface area contributed by atoms with Gasteiger partial charge in [-0.25, -0.2) is 4.39 Å². The van der Waals surface area contributed by atoms with Crippen molar-refractivity contribution in [3.63, 3.8) is 0 Å². The second-order valence-electron chi connectivity index (χ2n) is 4.01. The Balaban J connectivity index is 2.05. The van der Waals surface area contributed by atoms with Gasteiger partial charge >= 0.3 is 0 Å². The number of nitrogens with zero attached hydrogens (tertiary/aromatic N) is 1. The molecule has 0 saturated carbocycles. The van der Waals surface area contributed by atoms with E-state index in [1.165, 1.54) is 10.9 Å². The highest BCUT2D eigenvalue weighted by Gasteiger charge is 2.10. The number of hydrogen-bond donors (Lipinski definition) is 1. The molecule has 0 spiro atoms. The molecule has 0 aliphatic rings. The van der Waals surface area contributed by atoms with E-state index in [4.69, 9.17) is 5.26 Å². The van der Waals surface area contributed by atoms with Gasteiger partial charge in [0.05, 0.1) is 5.56 Å². The minimum atomic E-state index is -0.425. The Morgan fingerprint density at radius 3 is 2.89 bits per heavy atom. The summed E-state index contributed by atoms with van der Waals surface area (Å²) in [6.07, 6.45) is 0. The van der Waals surface area contributed by atoms with Gasteiger partial charge in [0.25, 0.3) is 0 Å². The normalized spacial score (nSPS) is 12.1. The van der Waals surface area contributed by atoms with Gasteiger partial charge in [0, 0.05) is 23.0 Å². The summed E-state index contributed by atoms with van der Waals surface area (Å²) < 4.78 is 13.8. The van der Waals surface area contributed by atoms with Crippen LogP contribution in [-0.4, -0.2) is 0 Å². The summed E-state index contributed by atoms with van der Waals surface area (Å²) >= 11 is 1.67. The first-order chi connectivity index (χ1) is 8.72. The van der Waals surface area contributed by atoms with Crippen LogP contribution in [0.25, 0.3) is 0 Å². The Hall–Kier alpha value is -1.70. The molecule has 1 aromatic heterocycles. The van der Waals surface area contributed by atoms with Crippen molar-refractivity contribution in [2.45, 2.75) is 19.5 Å². The zero-order chi connectivity index (χ0) is 13.0. The fraction of sp³-hybridized carbons (Fsp3) is 0.214. The third kappa shape index (κ3) is 2.76. The average Bonchev–Trinajstić information content (AvgIpc) is 2.91. The fourth-order valence-electron chi connectivity index (χ4n) is 1.70. The lowest BCUT2D eigenvalue weighted by Gasteiger charge is -2.12. The second-order valence-corrected chi connectivity index (χ2v) is 4.99. The van der Waals surface area contributed by atoms with E-state index in [-0.39, 0.29) is 11.6 Å². The molecule has 18 heavy (non-hydrogen) atoms. The van der Waals surface area contributed by atoms with E-state index in [9.17, 15) is 4.39 Å². The van der Waals surface area contributed by atoms with Gasteiger partial charge in [-0.1, -0.05) is 18.2 Å². The van der Waals surface area contributed by atoms with E-state index >= 15 is 0 Å². The molecule has 4 heteroatoms. The van der Waals surface area contributed by atoms with Crippen molar-refractivity contribution in [2.24, 2.45) is 0 Å². The van der Waals surface area contributed by atoms with Gasteiger partial charge in [-0.2, -0.15) is 5.26 Å². The van der Waals surface area contributed by atoms with E-state index in [1.807, 2.05) is 30.5 Å². The predicted molar refractivity (Wildman–Crippen MR) is 70.7 cm³/mol. The first-order valence-corrected chi connectivity index (χ1v) is 6.54. The first kappa shape index (κ1) is 12.7. The van der Waals surface area contributed by atoms with Crippen molar-refractivity contribution in [1.29, 1.82) is 5.26 Å². The summed E-state index contributed by atoms with van der Waals surface area (Å²) in [7, 11) is 0. The zero-order valence-corrected chi connectivity index (χ0v) is 10.8. The maximum atomic E-state index is 13.8. The molecular weight excluding hydrogens is 247 g/mol. The van der Waals surface area contributed by atoms with Crippen LogP contribution in [0.3, 0.4) is 0 Å². The Morgan fingerprint density at radius 2 is 2.22 bits per heavy atom. The number of benzene rings is 1. The largest absolute Gasteiger partial charge is 0.305 e. The molecule has 1 aromatic carbocycles. The molecule has 1 atom stereocenters. The van der Waals surface area contributed by atoms with E-state index in [1.54, 1.807) is 23.5 Å². The van der Waals surface area contributed by atoms with E-state index < -0.39 is 5.82 Å². The minimum Gasteiger partial charge on any atom is -0.305 e. The molecule has 0 amide bonds. The maximum Gasteiger partial charge on any atom is 0.145 e. The van der Waals surface area contributed by atoms with Gasteiger partial charge in [0.1, 0.15) is 11.9 Å².